The van der Waals surface area contributed by atoms with Gasteiger partial charge in [-0.2, -0.15) is 0 Å². The fourth-order valence-corrected chi connectivity index (χ4v) is 1.49. The van der Waals surface area contributed by atoms with E-state index in [9.17, 15) is 9.59 Å². The molecule has 0 saturated carbocycles. The lowest BCUT2D eigenvalue weighted by molar-refractivity contribution is -0.142. The van der Waals surface area contributed by atoms with E-state index in [0.717, 1.165) is 0 Å². The average Bonchev–Trinajstić information content (AvgIpc) is 2.38. The summed E-state index contributed by atoms with van der Waals surface area (Å²) in [4.78, 5) is 22.9. The Morgan fingerprint density at radius 1 is 1.37 bits per heavy atom. The molecule has 6 heteroatoms. The second kappa shape index (κ2) is 7.25. The Morgan fingerprint density at radius 3 is 2.68 bits per heavy atom. The number of carbonyl (C=O) groups is 2. The molecule has 0 aliphatic carbocycles. The van der Waals surface area contributed by atoms with Crippen LogP contribution in [0.5, 0.6) is 5.75 Å². The van der Waals surface area contributed by atoms with Gasteiger partial charge in [-0.05, 0) is 25.1 Å². The van der Waals surface area contributed by atoms with Gasteiger partial charge in [-0.15, -0.1) is 0 Å². The van der Waals surface area contributed by atoms with Crippen LogP contribution in [0, 0.1) is 0 Å². The van der Waals surface area contributed by atoms with E-state index in [2.05, 4.69) is 5.32 Å². The van der Waals surface area contributed by atoms with E-state index in [-0.39, 0.29) is 24.8 Å². The molecule has 1 amide bonds. The first kappa shape index (κ1) is 14.8. The average molecular weight is 266 g/mol. The molecule has 0 aliphatic rings. The quantitative estimate of drug-likeness (QED) is 0.591. The molecule has 0 saturated heterocycles. The highest BCUT2D eigenvalue weighted by atomic mass is 16.5. The van der Waals surface area contributed by atoms with Crippen LogP contribution >= 0.6 is 0 Å². The number of ether oxygens (including phenoxy) is 2. The molecule has 1 aromatic carbocycles. The fraction of sp³-hybridized carbons (Fsp3) is 0.385. The maximum Gasteiger partial charge on any atom is 0.307 e. The summed E-state index contributed by atoms with van der Waals surface area (Å²) in [5.41, 5.74) is 6.52. The zero-order chi connectivity index (χ0) is 14.3. The zero-order valence-corrected chi connectivity index (χ0v) is 11.1. The Hall–Kier alpha value is -2.24. The van der Waals surface area contributed by atoms with Gasteiger partial charge in [0.1, 0.15) is 5.75 Å². The third-order valence-corrected chi connectivity index (χ3v) is 2.41. The smallest absolute Gasteiger partial charge is 0.307 e. The van der Waals surface area contributed by atoms with Gasteiger partial charge in [0.25, 0.3) is 5.91 Å². The van der Waals surface area contributed by atoms with Crippen molar-refractivity contribution in [2.75, 3.05) is 26.0 Å². The molecule has 0 bridgehead atoms. The number of esters is 1. The molecule has 1 aromatic rings. The van der Waals surface area contributed by atoms with E-state index in [4.69, 9.17) is 15.2 Å². The Morgan fingerprint density at radius 2 is 2.11 bits per heavy atom. The molecule has 3 N–H and O–H groups in total. The van der Waals surface area contributed by atoms with Crippen molar-refractivity contribution in [1.82, 2.24) is 5.32 Å². The second-order valence-electron chi connectivity index (χ2n) is 3.77. The first-order chi connectivity index (χ1) is 9.08. The van der Waals surface area contributed by atoms with Crippen LogP contribution in [0.4, 0.5) is 5.69 Å². The molecule has 0 heterocycles. The highest BCUT2D eigenvalue weighted by Gasteiger charge is 2.09. The van der Waals surface area contributed by atoms with E-state index in [1.54, 1.807) is 19.1 Å². The van der Waals surface area contributed by atoms with E-state index in [1.165, 1.54) is 13.2 Å². The number of amides is 1. The maximum absolute atomic E-state index is 11.8. The van der Waals surface area contributed by atoms with E-state index in [0.29, 0.717) is 23.6 Å². The Balaban J connectivity index is 2.50. The van der Waals surface area contributed by atoms with Gasteiger partial charge in [-0.1, -0.05) is 0 Å². The van der Waals surface area contributed by atoms with Crippen molar-refractivity contribution < 1.29 is 19.1 Å². The third-order valence-electron chi connectivity index (χ3n) is 2.41. The minimum Gasteiger partial charge on any atom is -0.495 e. The zero-order valence-electron chi connectivity index (χ0n) is 11.1. The summed E-state index contributed by atoms with van der Waals surface area (Å²) in [6.45, 7) is 2.29. The van der Waals surface area contributed by atoms with Gasteiger partial charge in [0.15, 0.2) is 0 Å². The van der Waals surface area contributed by atoms with Crippen molar-refractivity contribution in [3.05, 3.63) is 23.8 Å². The Bertz CT molecular complexity index is 460. The van der Waals surface area contributed by atoms with Crippen LogP contribution in [0.25, 0.3) is 0 Å². The number of hydrogen-bond donors (Lipinski definition) is 2. The number of rotatable bonds is 6. The molecule has 0 spiro atoms. The van der Waals surface area contributed by atoms with Crippen LogP contribution in [-0.2, 0) is 9.53 Å². The Labute approximate surface area is 111 Å². The van der Waals surface area contributed by atoms with Crippen LogP contribution in [0.1, 0.15) is 23.7 Å². The lowest BCUT2D eigenvalue weighted by Crippen LogP contribution is -2.26. The van der Waals surface area contributed by atoms with Gasteiger partial charge < -0.3 is 20.5 Å². The molecule has 0 atom stereocenters. The highest BCUT2D eigenvalue weighted by Crippen LogP contribution is 2.21. The van der Waals surface area contributed by atoms with E-state index < -0.39 is 0 Å². The predicted octanol–water partition coefficient (Wildman–Crippen LogP) is 0.960. The molecule has 104 valence electrons. The predicted molar refractivity (Wildman–Crippen MR) is 71.0 cm³/mol. The van der Waals surface area contributed by atoms with E-state index >= 15 is 0 Å². The highest BCUT2D eigenvalue weighted by molar-refractivity contribution is 5.95. The Kier molecular flexibility index (Phi) is 5.66. The fourth-order valence-electron chi connectivity index (χ4n) is 1.49. The van der Waals surface area contributed by atoms with Crippen LogP contribution < -0.4 is 15.8 Å². The summed E-state index contributed by atoms with van der Waals surface area (Å²) < 4.78 is 9.75. The van der Waals surface area contributed by atoms with Crippen LogP contribution in [0.2, 0.25) is 0 Å². The van der Waals surface area contributed by atoms with Gasteiger partial charge in [0, 0.05) is 12.1 Å². The first-order valence-electron chi connectivity index (χ1n) is 5.95. The molecule has 0 aromatic heterocycles. The molecule has 0 radical (unpaired) electrons. The number of nitrogens with two attached hydrogens (primary N) is 1. The lowest BCUT2D eigenvalue weighted by atomic mass is 10.1. The number of carbonyl (C=O) groups excluding carboxylic acids is 2. The summed E-state index contributed by atoms with van der Waals surface area (Å²) in [7, 11) is 1.50. The van der Waals surface area contributed by atoms with Gasteiger partial charge in [-0.3, -0.25) is 9.59 Å². The number of benzene rings is 1. The summed E-state index contributed by atoms with van der Waals surface area (Å²) in [5.74, 6) is -0.112. The lowest BCUT2D eigenvalue weighted by Gasteiger charge is -2.08. The van der Waals surface area contributed by atoms with Gasteiger partial charge >= 0.3 is 5.97 Å². The van der Waals surface area contributed by atoms with Crippen molar-refractivity contribution in [3.63, 3.8) is 0 Å². The topological polar surface area (TPSA) is 90.6 Å². The van der Waals surface area contributed by atoms with Crippen molar-refractivity contribution in [2.45, 2.75) is 13.3 Å². The number of methoxy groups -OCH3 is 1. The third kappa shape index (κ3) is 4.50. The molecule has 0 aliphatic heterocycles. The monoisotopic (exact) mass is 266 g/mol. The summed E-state index contributed by atoms with van der Waals surface area (Å²) in [6, 6.07) is 4.75. The van der Waals surface area contributed by atoms with Gasteiger partial charge in [-0.25, -0.2) is 0 Å². The molecule has 1 rings (SSSR count). The molecular weight excluding hydrogens is 248 g/mol. The molecule has 0 fully saturated rings. The van der Waals surface area contributed by atoms with Crippen LogP contribution in [0.3, 0.4) is 0 Å². The second-order valence-corrected chi connectivity index (χ2v) is 3.77. The molecule has 0 unspecified atom stereocenters. The van der Waals surface area contributed by atoms with E-state index in [1.807, 2.05) is 0 Å². The summed E-state index contributed by atoms with van der Waals surface area (Å²) >= 11 is 0. The maximum atomic E-state index is 11.8. The van der Waals surface area contributed by atoms with Gasteiger partial charge in [0.2, 0.25) is 0 Å². The van der Waals surface area contributed by atoms with Crippen molar-refractivity contribution in [1.29, 1.82) is 0 Å². The summed E-state index contributed by atoms with van der Waals surface area (Å²) in [6.07, 6.45) is 0.144. The minimum absolute atomic E-state index is 0.144. The summed E-state index contributed by atoms with van der Waals surface area (Å²) in [5, 5.41) is 2.62. The van der Waals surface area contributed by atoms with Crippen molar-refractivity contribution in [2.24, 2.45) is 0 Å². The van der Waals surface area contributed by atoms with Gasteiger partial charge in [0.05, 0.1) is 25.8 Å². The standard InChI is InChI=1S/C13H18N2O4/c1-3-19-12(16)6-7-15-13(17)9-4-5-11(18-2)10(14)8-9/h4-5,8H,3,6-7,14H2,1-2H3,(H,15,17). The minimum atomic E-state index is -0.336. The molecule has 6 nitrogen and oxygen atoms in total. The molecular formula is C13H18N2O4. The largest absolute Gasteiger partial charge is 0.495 e. The van der Waals surface area contributed by atoms with Crippen LogP contribution in [0.15, 0.2) is 18.2 Å². The number of hydrogen-bond acceptors (Lipinski definition) is 5. The number of anilines is 1. The number of nitrogen functional groups attached to an aromatic ring is 1. The van der Waals surface area contributed by atoms with Crippen molar-refractivity contribution in [3.8, 4) is 5.75 Å². The first-order valence-corrected chi connectivity index (χ1v) is 5.95. The van der Waals surface area contributed by atoms with Crippen LogP contribution in [-0.4, -0.2) is 32.1 Å². The van der Waals surface area contributed by atoms with Crippen molar-refractivity contribution >= 4 is 17.6 Å². The normalized spacial score (nSPS) is 9.79. The SMILES string of the molecule is CCOC(=O)CCNC(=O)c1ccc(OC)c(N)c1. The molecule has 19 heavy (non-hydrogen) atoms. The number of nitrogens with one attached hydrogen (secondary N) is 1.